The molecule has 0 saturated heterocycles. The second-order valence-electron chi connectivity index (χ2n) is 3.95. The number of hydrogen-bond acceptors (Lipinski definition) is 3. The molecular formula is C9H16N2S. The van der Waals surface area contributed by atoms with E-state index < -0.39 is 0 Å². The first-order chi connectivity index (χ1) is 5.50. The van der Waals surface area contributed by atoms with Crippen LogP contribution in [0, 0.1) is 0 Å². The fourth-order valence-corrected chi connectivity index (χ4v) is 1.44. The lowest BCUT2D eigenvalue weighted by atomic mass is 10.1. The van der Waals surface area contributed by atoms with Crippen molar-refractivity contribution in [3.8, 4) is 0 Å². The highest BCUT2D eigenvalue weighted by Gasteiger charge is 2.17. The summed E-state index contributed by atoms with van der Waals surface area (Å²) in [6.07, 6.45) is 1.86. The van der Waals surface area contributed by atoms with Crippen molar-refractivity contribution in [2.75, 3.05) is 7.05 Å². The summed E-state index contributed by atoms with van der Waals surface area (Å²) in [4.78, 5) is 6.54. The Kier molecular flexibility index (Phi) is 2.85. The normalized spacial score (nSPS) is 12.4. The predicted octanol–water partition coefficient (Wildman–Crippen LogP) is 2.37. The Morgan fingerprint density at radius 3 is 2.58 bits per heavy atom. The predicted molar refractivity (Wildman–Crippen MR) is 53.3 cm³/mol. The average Bonchev–Trinajstić information content (AvgIpc) is 2.37. The molecule has 0 amide bonds. The van der Waals surface area contributed by atoms with Gasteiger partial charge in [0, 0.05) is 17.1 Å². The van der Waals surface area contributed by atoms with Crippen LogP contribution in [0.2, 0.25) is 0 Å². The van der Waals surface area contributed by atoms with Gasteiger partial charge in [-0.15, -0.1) is 11.3 Å². The molecule has 12 heavy (non-hydrogen) atoms. The first-order valence-corrected chi connectivity index (χ1v) is 4.98. The van der Waals surface area contributed by atoms with E-state index in [0.717, 1.165) is 6.54 Å². The van der Waals surface area contributed by atoms with E-state index in [1.807, 2.05) is 11.6 Å². The smallest absolute Gasteiger partial charge is 0.107 e. The third kappa shape index (κ3) is 2.57. The van der Waals surface area contributed by atoms with Gasteiger partial charge < -0.3 is 0 Å². The Morgan fingerprint density at radius 1 is 1.50 bits per heavy atom. The molecule has 1 aromatic heterocycles. The van der Waals surface area contributed by atoms with Crippen LogP contribution in [-0.4, -0.2) is 22.5 Å². The van der Waals surface area contributed by atoms with Gasteiger partial charge in [-0.25, -0.2) is 4.98 Å². The van der Waals surface area contributed by atoms with E-state index in [1.54, 1.807) is 11.3 Å². The van der Waals surface area contributed by atoms with Gasteiger partial charge >= 0.3 is 0 Å². The van der Waals surface area contributed by atoms with Gasteiger partial charge in [-0.05, 0) is 27.8 Å². The van der Waals surface area contributed by atoms with E-state index in [1.165, 1.54) is 5.01 Å². The molecule has 0 aromatic carbocycles. The van der Waals surface area contributed by atoms with Crippen molar-refractivity contribution in [2.24, 2.45) is 0 Å². The van der Waals surface area contributed by atoms with Crippen LogP contribution >= 0.6 is 11.3 Å². The molecule has 0 radical (unpaired) electrons. The van der Waals surface area contributed by atoms with E-state index in [9.17, 15) is 0 Å². The van der Waals surface area contributed by atoms with Gasteiger partial charge in [-0.3, -0.25) is 4.90 Å². The zero-order chi connectivity index (χ0) is 9.19. The van der Waals surface area contributed by atoms with Gasteiger partial charge in [0.05, 0.1) is 6.54 Å². The lowest BCUT2D eigenvalue weighted by Crippen LogP contribution is -2.37. The molecule has 68 valence electrons. The molecule has 2 nitrogen and oxygen atoms in total. The number of thiazole rings is 1. The Bertz CT molecular complexity index is 223. The highest BCUT2D eigenvalue weighted by atomic mass is 32.1. The molecule has 0 unspecified atom stereocenters. The first kappa shape index (κ1) is 9.68. The fraction of sp³-hybridized carbons (Fsp3) is 0.667. The molecule has 3 heteroatoms. The minimum atomic E-state index is 0.228. The lowest BCUT2D eigenvalue weighted by molar-refractivity contribution is 0.167. The maximum atomic E-state index is 4.25. The van der Waals surface area contributed by atoms with E-state index in [4.69, 9.17) is 0 Å². The van der Waals surface area contributed by atoms with Crippen LogP contribution in [0.5, 0.6) is 0 Å². The van der Waals surface area contributed by atoms with Crippen molar-refractivity contribution in [1.29, 1.82) is 0 Å². The lowest BCUT2D eigenvalue weighted by Gasteiger charge is -2.30. The summed E-state index contributed by atoms with van der Waals surface area (Å²) in [6, 6.07) is 0. The van der Waals surface area contributed by atoms with Gasteiger partial charge in [0.2, 0.25) is 0 Å². The van der Waals surface area contributed by atoms with Crippen molar-refractivity contribution in [1.82, 2.24) is 9.88 Å². The molecule has 0 aliphatic carbocycles. The highest BCUT2D eigenvalue weighted by molar-refractivity contribution is 7.09. The maximum absolute atomic E-state index is 4.25. The molecule has 0 saturated carbocycles. The molecule has 1 rings (SSSR count). The fourth-order valence-electron chi connectivity index (χ4n) is 0.771. The van der Waals surface area contributed by atoms with E-state index in [0.29, 0.717) is 0 Å². The molecule has 0 fully saturated rings. The minimum absolute atomic E-state index is 0.228. The Balaban J connectivity index is 2.53. The molecule has 0 aliphatic heterocycles. The number of aromatic nitrogens is 1. The number of rotatable bonds is 2. The summed E-state index contributed by atoms with van der Waals surface area (Å²) in [6.45, 7) is 7.57. The molecule has 1 aromatic rings. The number of hydrogen-bond donors (Lipinski definition) is 0. The van der Waals surface area contributed by atoms with E-state index >= 15 is 0 Å². The first-order valence-electron chi connectivity index (χ1n) is 4.10. The van der Waals surface area contributed by atoms with Gasteiger partial charge in [-0.2, -0.15) is 0 Å². The van der Waals surface area contributed by atoms with Gasteiger partial charge in [0.15, 0.2) is 0 Å². The third-order valence-corrected chi connectivity index (χ3v) is 2.77. The number of nitrogens with zero attached hydrogens (tertiary/aromatic N) is 2. The van der Waals surface area contributed by atoms with Crippen LogP contribution in [0.4, 0.5) is 0 Å². The second kappa shape index (κ2) is 3.54. The Hall–Kier alpha value is -0.410. The molecule has 0 atom stereocenters. The van der Waals surface area contributed by atoms with Crippen LogP contribution in [0.15, 0.2) is 11.6 Å². The van der Waals surface area contributed by atoms with Crippen molar-refractivity contribution >= 4 is 11.3 Å². The molecule has 0 bridgehead atoms. The second-order valence-corrected chi connectivity index (χ2v) is 4.93. The largest absolute Gasteiger partial charge is 0.295 e. The van der Waals surface area contributed by atoms with Crippen LogP contribution in [0.1, 0.15) is 25.8 Å². The van der Waals surface area contributed by atoms with Gasteiger partial charge in [0.25, 0.3) is 0 Å². The maximum Gasteiger partial charge on any atom is 0.107 e. The minimum Gasteiger partial charge on any atom is -0.295 e. The van der Waals surface area contributed by atoms with Crippen LogP contribution in [-0.2, 0) is 6.54 Å². The molecule has 0 aliphatic rings. The van der Waals surface area contributed by atoms with Crippen molar-refractivity contribution in [2.45, 2.75) is 32.9 Å². The van der Waals surface area contributed by atoms with Crippen LogP contribution in [0.3, 0.4) is 0 Å². The molecule has 1 heterocycles. The standard InChI is InChI=1S/C9H16N2S/c1-9(2,3)11(4)7-8-10-5-6-12-8/h5-6H,7H2,1-4H3. The van der Waals surface area contributed by atoms with Crippen molar-refractivity contribution in [3.63, 3.8) is 0 Å². The highest BCUT2D eigenvalue weighted by Crippen LogP contribution is 2.15. The van der Waals surface area contributed by atoms with Crippen molar-refractivity contribution in [3.05, 3.63) is 16.6 Å². The zero-order valence-corrected chi connectivity index (χ0v) is 8.98. The third-order valence-electron chi connectivity index (χ3n) is 2.00. The average molecular weight is 184 g/mol. The summed E-state index contributed by atoms with van der Waals surface area (Å²) in [5, 5.41) is 3.21. The van der Waals surface area contributed by atoms with Crippen LogP contribution < -0.4 is 0 Å². The Labute approximate surface area is 78.2 Å². The Morgan fingerprint density at radius 2 is 2.17 bits per heavy atom. The van der Waals surface area contributed by atoms with E-state index in [2.05, 4.69) is 37.7 Å². The van der Waals surface area contributed by atoms with Gasteiger partial charge in [0.1, 0.15) is 5.01 Å². The molecular weight excluding hydrogens is 168 g/mol. The van der Waals surface area contributed by atoms with Crippen LogP contribution in [0.25, 0.3) is 0 Å². The van der Waals surface area contributed by atoms with E-state index in [-0.39, 0.29) is 5.54 Å². The zero-order valence-electron chi connectivity index (χ0n) is 8.16. The SMILES string of the molecule is CN(Cc1nccs1)C(C)(C)C. The van der Waals surface area contributed by atoms with Gasteiger partial charge in [-0.1, -0.05) is 0 Å². The topological polar surface area (TPSA) is 16.1 Å². The summed E-state index contributed by atoms with van der Waals surface area (Å²) < 4.78 is 0. The monoisotopic (exact) mass is 184 g/mol. The summed E-state index contributed by atoms with van der Waals surface area (Å²) in [7, 11) is 2.13. The van der Waals surface area contributed by atoms with Crippen molar-refractivity contribution < 1.29 is 0 Å². The summed E-state index contributed by atoms with van der Waals surface area (Å²) >= 11 is 1.71. The summed E-state index contributed by atoms with van der Waals surface area (Å²) in [5.74, 6) is 0. The quantitative estimate of drug-likeness (QED) is 0.701. The summed E-state index contributed by atoms with van der Waals surface area (Å²) in [5.41, 5.74) is 0.228. The molecule has 0 N–H and O–H groups in total. The molecule has 0 spiro atoms.